The quantitative estimate of drug-likeness (QED) is 0.896. The number of nitrogens with two attached hydrogens (primary N) is 1. The average molecular weight is 316 g/mol. The highest BCUT2D eigenvalue weighted by Gasteiger charge is 2.22. The predicted octanol–water partition coefficient (Wildman–Crippen LogP) is 2.25. The molecule has 1 aromatic rings. The predicted molar refractivity (Wildman–Crippen MR) is 85.1 cm³/mol. The Labute approximate surface area is 131 Å². The normalized spacial score (nSPS) is 17.9. The molecule has 1 aromatic carbocycles. The minimum Gasteiger partial charge on any atom is -0.328 e. The Hall–Kier alpha value is -1.17. The van der Waals surface area contributed by atoms with E-state index in [1.54, 1.807) is 12.1 Å². The molecule has 1 aliphatic rings. The molecule has 0 saturated carbocycles. The van der Waals surface area contributed by atoms with E-state index in [9.17, 15) is 9.18 Å². The van der Waals surface area contributed by atoms with Gasteiger partial charge in [-0.2, -0.15) is 0 Å². The molecule has 1 amide bonds. The molecule has 2 rings (SSSR count). The Kier molecular flexibility index (Phi) is 7.08. The summed E-state index contributed by atoms with van der Waals surface area (Å²) in [5, 5.41) is 2.72. The van der Waals surface area contributed by atoms with Gasteiger partial charge in [0, 0.05) is 11.7 Å². The number of anilines is 1. The number of rotatable bonds is 4. The number of carbonyl (C=O) groups excluding carboxylic acids is 1. The molecule has 1 heterocycles. The van der Waals surface area contributed by atoms with Crippen LogP contribution in [0.5, 0.6) is 0 Å². The zero-order valence-electron chi connectivity index (χ0n) is 12.2. The van der Waals surface area contributed by atoms with Gasteiger partial charge in [-0.25, -0.2) is 4.39 Å². The van der Waals surface area contributed by atoms with Gasteiger partial charge in [-0.15, -0.1) is 12.4 Å². The summed E-state index contributed by atoms with van der Waals surface area (Å²) in [6, 6.07) is 6.16. The van der Waals surface area contributed by atoms with Crippen LogP contribution in [-0.4, -0.2) is 36.5 Å². The van der Waals surface area contributed by atoms with E-state index < -0.39 is 0 Å². The van der Waals surface area contributed by atoms with Gasteiger partial charge in [0.2, 0.25) is 5.91 Å². The smallest absolute Gasteiger partial charge is 0.238 e. The van der Waals surface area contributed by atoms with Gasteiger partial charge in [0.05, 0.1) is 6.54 Å². The summed E-state index contributed by atoms with van der Waals surface area (Å²) in [6.07, 6.45) is 2.07. The molecule has 0 radical (unpaired) electrons. The minimum absolute atomic E-state index is 0. The van der Waals surface area contributed by atoms with E-state index in [0.717, 1.165) is 25.9 Å². The number of carbonyl (C=O) groups is 1. The Balaban J connectivity index is 0.00000220. The van der Waals surface area contributed by atoms with E-state index in [1.807, 2.05) is 6.92 Å². The van der Waals surface area contributed by atoms with Crippen LogP contribution in [0.4, 0.5) is 10.1 Å². The molecule has 0 aromatic heterocycles. The fourth-order valence-electron chi connectivity index (χ4n) is 2.61. The van der Waals surface area contributed by atoms with Gasteiger partial charge >= 0.3 is 0 Å². The maximum Gasteiger partial charge on any atom is 0.238 e. The molecular weight excluding hydrogens is 293 g/mol. The first kappa shape index (κ1) is 17.9. The molecule has 3 N–H and O–H groups in total. The van der Waals surface area contributed by atoms with Crippen LogP contribution in [-0.2, 0) is 4.79 Å². The fourth-order valence-corrected chi connectivity index (χ4v) is 2.61. The van der Waals surface area contributed by atoms with E-state index in [-0.39, 0.29) is 30.2 Å². The van der Waals surface area contributed by atoms with E-state index in [1.165, 1.54) is 12.1 Å². The van der Waals surface area contributed by atoms with Crippen molar-refractivity contribution in [3.05, 3.63) is 30.1 Å². The largest absolute Gasteiger partial charge is 0.328 e. The number of nitrogens with zero attached hydrogens (tertiary/aromatic N) is 1. The summed E-state index contributed by atoms with van der Waals surface area (Å²) in [4.78, 5) is 14.0. The van der Waals surface area contributed by atoms with Crippen LogP contribution >= 0.6 is 12.4 Å². The maximum atomic E-state index is 13.0. The Bertz CT molecular complexity index is 462. The first-order valence-electron chi connectivity index (χ1n) is 7.08. The van der Waals surface area contributed by atoms with Crippen molar-refractivity contribution in [2.75, 3.05) is 25.0 Å². The lowest BCUT2D eigenvalue weighted by Crippen LogP contribution is -2.42. The number of benzene rings is 1. The topological polar surface area (TPSA) is 58.4 Å². The van der Waals surface area contributed by atoms with Crippen LogP contribution in [0.2, 0.25) is 0 Å². The Morgan fingerprint density at radius 1 is 1.48 bits per heavy atom. The summed E-state index contributed by atoms with van der Waals surface area (Å²) < 4.78 is 13.0. The number of hydrogen-bond donors (Lipinski definition) is 2. The molecular formula is C15H23ClFN3O. The van der Waals surface area contributed by atoms with Crippen molar-refractivity contribution in [3.63, 3.8) is 0 Å². The van der Waals surface area contributed by atoms with Gasteiger partial charge in [-0.1, -0.05) is 6.07 Å². The van der Waals surface area contributed by atoms with E-state index >= 15 is 0 Å². The first-order valence-corrected chi connectivity index (χ1v) is 7.08. The zero-order chi connectivity index (χ0) is 14.5. The Morgan fingerprint density at radius 2 is 2.14 bits per heavy atom. The molecule has 0 spiro atoms. The minimum atomic E-state index is -0.347. The summed E-state index contributed by atoms with van der Waals surface area (Å²) in [7, 11) is 0. The van der Waals surface area contributed by atoms with Gasteiger partial charge < -0.3 is 11.1 Å². The summed E-state index contributed by atoms with van der Waals surface area (Å²) in [5.41, 5.74) is 6.40. The molecule has 0 aliphatic carbocycles. The number of piperidine rings is 1. The average Bonchev–Trinajstić information content (AvgIpc) is 2.39. The van der Waals surface area contributed by atoms with Crippen molar-refractivity contribution in [2.24, 2.45) is 11.7 Å². The van der Waals surface area contributed by atoms with Crippen LogP contribution in [0.1, 0.15) is 19.8 Å². The van der Waals surface area contributed by atoms with Gasteiger partial charge in [0.15, 0.2) is 0 Å². The summed E-state index contributed by atoms with van der Waals surface area (Å²) in [5.74, 6) is 0.105. The molecule has 1 atom stereocenters. The lowest BCUT2D eigenvalue weighted by Gasteiger charge is -2.33. The highest BCUT2D eigenvalue weighted by molar-refractivity contribution is 5.92. The lowest BCUT2D eigenvalue weighted by molar-refractivity contribution is -0.117. The fraction of sp³-hybridized carbons (Fsp3) is 0.533. The second kappa shape index (κ2) is 8.32. The summed E-state index contributed by atoms with van der Waals surface area (Å²) in [6.45, 7) is 4.17. The third-order valence-electron chi connectivity index (χ3n) is 3.85. The monoisotopic (exact) mass is 315 g/mol. The second-order valence-corrected chi connectivity index (χ2v) is 5.53. The lowest BCUT2D eigenvalue weighted by atomic mass is 9.91. The highest BCUT2D eigenvalue weighted by Crippen LogP contribution is 2.19. The van der Waals surface area contributed by atoms with Gasteiger partial charge in [-0.05, 0) is 57.0 Å². The van der Waals surface area contributed by atoms with Gasteiger partial charge in [-0.3, -0.25) is 9.69 Å². The molecule has 0 bridgehead atoms. The Morgan fingerprint density at radius 3 is 2.71 bits per heavy atom. The maximum absolute atomic E-state index is 13.0. The van der Waals surface area contributed by atoms with Crippen LogP contribution in [0.25, 0.3) is 0 Å². The first-order chi connectivity index (χ1) is 9.54. The number of halogens is 2. The van der Waals surface area contributed by atoms with Gasteiger partial charge in [0.1, 0.15) is 5.82 Å². The van der Waals surface area contributed by atoms with E-state index in [4.69, 9.17) is 5.73 Å². The van der Waals surface area contributed by atoms with Crippen molar-refractivity contribution in [3.8, 4) is 0 Å². The van der Waals surface area contributed by atoms with Crippen LogP contribution < -0.4 is 11.1 Å². The number of hydrogen-bond acceptors (Lipinski definition) is 3. The van der Waals surface area contributed by atoms with Crippen molar-refractivity contribution < 1.29 is 9.18 Å². The summed E-state index contributed by atoms with van der Waals surface area (Å²) >= 11 is 0. The zero-order valence-corrected chi connectivity index (χ0v) is 13.0. The number of likely N-dealkylation sites (tertiary alicyclic amines) is 1. The molecule has 4 nitrogen and oxygen atoms in total. The van der Waals surface area contributed by atoms with E-state index in [2.05, 4.69) is 10.2 Å². The molecule has 1 fully saturated rings. The molecule has 1 saturated heterocycles. The molecule has 1 unspecified atom stereocenters. The van der Waals surface area contributed by atoms with Crippen molar-refractivity contribution >= 4 is 24.0 Å². The van der Waals surface area contributed by atoms with Crippen LogP contribution in [0.3, 0.4) is 0 Å². The molecule has 21 heavy (non-hydrogen) atoms. The van der Waals surface area contributed by atoms with Crippen molar-refractivity contribution in [1.82, 2.24) is 4.90 Å². The third kappa shape index (κ3) is 5.61. The molecule has 1 aliphatic heterocycles. The SMILES string of the molecule is CC(N)C1CCN(CC(=O)Nc2cccc(F)c2)CC1.Cl. The van der Waals surface area contributed by atoms with Gasteiger partial charge in [0.25, 0.3) is 0 Å². The van der Waals surface area contributed by atoms with E-state index in [0.29, 0.717) is 18.2 Å². The second-order valence-electron chi connectivity index (χ2n) is 5.53. The number of nitrogens with one attached hydrogen (secondary N) is 1. The highest BCUT2D eigenvalue weighted by atomic mass is 35.5. The molecule has 6 heteroatoms. The van der Waals surface area contributed by atoms with Crippen LogP contribution in [0.15, 0.2) is 24.3 Å². The standard InChI is InChI=1S/C15H22FN3O.ClH/c1-11(17)12-5-7-19(8-6-12)10-15(20)18-14-4-2-3-13(16)9-14;/h2-4,9,11-12H,5-8,10,17H2,1H3,(H,18,20);1H. The van der Waals surface area contributed by atoms with Crippen molar-refractivity contribution in [1.29, 1.82) is 0 Å². The molecule has 118 valence electrons. The number of amides is 1. The van der Waals surface area contributed by atoms with Crippen molar-refractivity contribution in [2.45, 2.75) is 25.8 Å². The van der Waals surface area contributed by atoms with Crippen LogP contribution in [0, 0.1) is 11.7 Å². The third-order valence-corrected chi connectivity index (χ3v) is 3.85.